The lowest BCUT2D eigenvalue weighted by atomic mass is 10.0. The predicted molar refractivity (Wildman–Crippen MR) is 74.1 cm³/mol. The molecule has 2 nitrogen and oxygen atoms in total. The van der Waals surface area contributed by atoms with Crippen molar-refractivity contribution in [1.29, 1.82) is 0 Å². The van der Waals surface area contributed by atoms with Gasteiger partial charge in [-0.05, 0) is 34.7 Å². The number of hydrogen-bond acceptors (Lipinski definition) is 2. The standard InChI is InChI=1S/C13H6F6INO/c14-12(15,16)7-5-9(11(20)21-6-7)8-3-1-2-4-10(8)22-13(17,18)19/h1-6H. The van der Waals surface area contributed by atoms with Crippen molar-refractivity contribution in [3.63, 3.8) is 0 Å². The Bertz CT molecular complexity index is 683. The summed E-state index contributed by atoms with van der Waals surface area (Å²) in [7, 11) is 0. The first-order valence-electron chi connectivity index (χ1n) is 5.66. The van der Waals surface area contributed by atoms with Gasteiger partial charge in [0.25, 0.3) is 0 Å². The number of alkyl halides is 6. The van der Waals surface area contributed by atoms with E-state index in [4.69, 9.17) is 0 Å². The summed E-state index contributed by atoms with van der Waals surface area (Å²) >= 11 is 1.65. The van der Waals surface area contributed by atoms with Crippen LogP contribution in [0.5, 0.6) is 5.75 Å². The quantitative estimate of drug-likeness (QED) is 0.366. The topological polar surface area (TPSA) is 22.1 Å². The fraction of sp³-hybridized carbons (Fsp3) is 0.154. The number of hydrogen-bond donors (Lipinski definition) is 0. The minimum Gasteiger partial charge on any atom is -0.405 e. The molecule has 1 aromatic heterocycles. The van der Waals surface area contributed by atoms with Gasteiger partial charge in [-0.25, -0.2) is 4.98 Å². The molecule has 9 heteroatoms. The van der Waals surface area contributed by atoms with Gasteiger partial charge in [0.2, 0.25) is 0 Å². The second-order valence-corrected chi connectivity index (χ2v) is 5.13. The Balaban J connectivity index is 2.57. The van der Waals surface area contributed by atoms with E-state index in [2.05, 4.69) is 9.72 Å². The van der Waals surface area contributed by atoms with Crippen LogP contribution in [0.1, 0.15) is 5.56 Å². The number of aromatic nitrogens is 1. The average Bonchev–Trinajstić information content (AvgIpc) is 2.37. The van der Waals surface area contributed by atoms with Crippen LogP contribution in [-0.4, -0.2) is 11.3 Å². The van der Waals surface area contributed by atoms with E-state index >= 15 is 0 Å². The number of nitrogens with zero attached hydrogens (tertiary/aromatic N) is 1. The molecule has 0 aliphatic rings. The van der Waals surface area contributed by atoms with Gasteiger partial charge in [0, 0.05) is 17.3 Å². The highest BCUT2D eigenvalue weighted by molar-refractivity contribution is 14.1. The first-order valence-corrected chi connectivity index (χ1v) is 6.74. The average molecular weight is 433 g/mol. The van der Waals surface area contributed by atoms with Crippen LogP contribution in [0.3, 0.4) is 0 Å². The van der Waals surface area contributed by atoms with Crippen molar-refractivity contribution < 1.29 is 31.1 Å². The summed E-state index contributed by atoms with van der Waals surface area (Å²) in [6, 6.07) is 5.69. The molecule has 1 heterocycles. The minimum atomic E-state index is -4.95. The van der Waals surface area contributed by atoms with Crippen molar-refractivity contribution in [3.05, 3.63) is 45.8 Å². The molecule has 0 radical (unpaired) electrons. The van der Waals surface area contributed by atoms with Crippen LogP contribution in [0.15, 0.2) is 36.5 Å². The molecule has 2 rings (SSSR count). The van der Waals surface area contributed by atoms with Gasteiger partial charge in [0.15, 0.2) is 0 Å². The summed E-state index contributed by atoms with van der Waals surface area (Å²) in [5, 5.41) is 0. The molecule has 2 aromatic rings. The van der Waals surface area contributed by atoms with E-state index in [0.29, 0.717) is 6.20 Å². The summed E-state index contributed by atoms with van der Waals surface area (Å²) in [6.07, 6.45) is -8.97. The number of benzene rings is 1. The number of halogens is 7. The minimum absolute atomic E-state index is 0.0877. The molecule has 0 aliphatic heterocycles. The molecule has 0 amide bonds. The van der Waals surface area contributed by atoms with Gasteiger partial charge in [0.05, 0.1) is 5.56 Å². The zero-order chi connectivity index (χ0) is 16.5. The van der Waals surface area contributed by atoms with Gasteiger partial charge in [-0.2, -0.15) is 13.2 Å². The zero-order valence-corrected chi connectivity index (χ0v) is 12.6. The summed E-state index contributed by atoms with van der Waals surface area (Å²) in [5.41, 5.74) is -1.26. The van der Waals surface area contributed by atoms with Crippen LogP contribution in [0.25, 0.3) is 11.1 Å². The highest BCUT2D eigenvalue weighted by atomic mass is 127. The van der Waals surface area contributed by atoms with Crippen LogP contribution in [0.4, 0.5) is 26.3 Å². The first kappa shape index (κ1) is 16.8. The van der Waals surface area contributed by atoms with Gasteiger partial charge < -0.3 is 4.74 Å². The lowest BCUT2D eigenvalue weighted by Crippen LogP contribution is -2.17. The summed E-state index contributed by atoms with van der Waals surface area (Å²) in [4.78, 5) is 3.59. The smallest absolute Gasteiger partial charge is 0.405 e. The van der Waals surface area contributed by atoms with Gasteiger partial charge >= 0.3 is 12.5 Å². The van der Waals surface area contributed by atoms with Crippen molar-refractivity contribution >= 4 is 22.6 Å². The normalized spacial score (nSPS) is 12.3. The third-order valence-corrected chi connectivity index (χ3v) is 3.43. The van der Waals surface area contributed by atoms with E-state index in [1.54, 1.807) is 22.6 Å². The molecule has 0 saturated heterocycles. The van der Waals surface area contributed by atoms with Crippen LogP contribution in [0.2, 0.25) is 0 Å². The molecule has 0 bridgehead atoms. The van der Waals surface area contributed by atoms with Crippen molar-refractivity contribution in [2.75, 3.05) is 0 Å². The van der Waals surface area contributed by atoms with E-state index in [0.717, 1.165) is 12.1 Å². The van der Waals surface area contributed by atoms with Crippen LogP contribution >= 0.6 is 22.6 Å². The Labute approximate surface area is 134 Å². The van der Waals surface area contributed by atoms with Gasteiger partial charge in [-0.3, -0.25) is 0 Å². The van der Waals surface area contributed by atoms with Gasteiger partial charge in [0.1, 0.15) is 9.45 Å². The summed E-state index contributed by atoms with van der Waals surface area (Å²) in [5.74, 6) is -0.589. The van der Waals surface area contributed by atoms with Gasteiger partial charge in [-0.1, -0.05) is 18.2 Å². The van der Waals surface area contributed by atoms with Gasteiger partial charge in [-0.15, -0.1) is 13.2 Å². The lowest BCUT2D eigenvalue weighted by Gasteiger charge is -2.15. The number of rotatable bonds is 2. The molecule has 0 spiro atoms. The number of ether oxygens (including phenoxy) is 1. The number of para-hydroxylation sites is 1. The van der Waals surface area contributed by atoms with Crippen LogP contribution < -0.4 is 4.74 Å². The maximum atomic E-state index is 12.7. The largest absolute Gasteiger partial charge is 0.573 e. The Morgan fingerprint density at radius 3 is 2.18 bits per heavy atom. The molecule has 0 N–H and O–H groups in total. The predicted octanol–water partition coefficient (Wildman–Crippen LogP) is 5.27. The molecule has 118 valence electrons. The van der Waals surface area contributed by atoms with E-state index in [-0.39, 0.29) is 14.8 Å². The molecule has 0 fully saturated rings. The highest BCUT2D eigenvalue weighted by Gasteiger charge is 2.34. The number of pyridine rings is 1. The van der Waals surface area contributed by atoms with E-state index < -0.39 is 23.9 Å². The lowest BCUT2D eigenvalue weighted by molar-refractivity contribution is -0.274. The maximum Gasteiger partial charge on any atom is 0.573 e. The van der Waals surface area contributed by atoms with E-state index in [9.17, 15) is 26.3 Å². The zero-order valence-electron chi connectivity index (χ0n) is 10.5. The molecular weight excluding hydrogens is 427 g/mol. The second-order valence-electron chi connectivity index (χ2n) is 4.10. The molecule has 1 aromatic carbocycles. The Kier molecular flexibility index (Phi) is 4.54. The van der Waals surface area contributed by atoms with Crippen molar-refractivity contribution in [2.24, 2.45) is 0 Å². The third-order valence-electron chi connectivity index (χ3n) is 2.57. The molecule has 22 heavy (non-hydrogen) atoms. The molecular formula is C13H6F6INO. The molecule has 0 atom stereocenters. The summed E-state index contributed by atoms with van der Waals surface area (Å²) < 4.78 is 79.3. The van der Waals surface area contributed by atoms with Crippen molar-refractivity contribution in [3.8, 4) is 16.9 Å². The van der Waals surface area contributed by atoms with Crippen LogP contribution in [0, 0.1) is 3.70 Å². The molecule has 0 unspecified atom stereocenters. The maximum absolute atomic E-state index is 12.7. The van der Waals surface area contributed by atoms with Crippen molar-refractivity contribution in [1.82, 2.24) is 4.98 Å². The second kappa shape index (κ2) is 5.94. The summed E-state index contributed by atoms with van der Waals surface area (Å²) in [6.45, 7) is 0. The SMILES string of the molecule is FC(F)(F)Oc1ccccc1-c1cc(C(F)(F)F)cnc1I. The fourth-order valence-electron chi connectivity index (χ4n) is 1.69. The Morgan fingerprint density at radius 1 is 0.955 bits per heavy atom. The monoisotopic (exact) mass is 433 g/mol. The Morgan fingerprint density at radius 2 is 1.59 bits per heavy atom. The molecule has 0 aliphatic carbocycles. The molecule has 0 saturated carbocycles. The fourth-order valence-corrected chi connectivity index (χ4v) is 2.28. The van der Waals surface area contributed by atoms with E-state index in [1.165, 1.54) is 18.2 Å². The van der Waals surface area contributed by atoms with Crippen molar-refractivity contribution in [2.45, 2.75) is 12.5 Å². The third kappa shape index (κ3) is 4.02. The van der Waals surface area contributed by atoms with E-state index in [1.807, 2.05) is 0 Å². The van der Waals surface area contributed by atoms with Crippen LogP contribution in [-0.2, 0) is 6.18 Å². The Hall–Kier alpha value is -1.52. The highest BCUT2D eigenvalue weighted by Crippen LogP contribution is 2.38. The first-order chi connectivity index (χ1) is 10.1.